The fraction of sp³-hybridized carbons (Fsp3) is 0.550. The number of methoxy groups -OCH3 is 1. The largest absolute Gasteiger partial charge is 0.494 e. The predicted octanol–water partition coefficient (Wildman–Crippen LogP) is 4.19. The molecule has 1 atom stereocenters. The van der Waals surface area contributed by atoms with E-state index in [1.807, 2.05) is 6.92 Å². The van der Waals surface area contributed by atoms with Gasteiger partial charge in [-0.15, -0.1) is 0 Å². The van der Waals surface area contributed by atoms with E-state index in [1.165, 1.54) is 13.2 Å². The Labute approximate surface area is 154 Å². The van der Waals surface area contributed by atoms with E-state index in [9.17, 15) is 4.39 Å². The van der Waals surface area contributed by atoms with Gasteiger partial charge in [0.15, 0.2) is 11.6 Å². The molecule has 0 N–H and O–H groups in total. The Bertz CT molecular complexity index is 726. The molecule has 1 aliphatic heterocycles. The second kappa shape index (κ2) is 8.64. The summed E-state index contributed by atoms with van der Waals surface area (Å²) >= 11 is 0. The topological polar surface area (TPSA) is 47.7 Å². The van der Waals surface area contributed by atoms with Gasteiger partial charge in [0.2, 0.25) is 5.89 Å². The van der Waals surface area contributed by atoms with Crippen molar-refractivity contribution in [1.82, 2.24) is 9.88 Å². The molecule has 0 radical (unpaired) electrons. The summed E-state index contributed by atoms with van der Waals surface area (Å²) in [5.74, 6) is 1.07. The number of aromatic nitrogens is 1. The molecule has 1 saturated heterocycles. The number of hydrogen-bond donors (Lipinski definition) is 0. The lowest BCUT2D eigenvalue weighted by molar-refractivity contribution is 0.0701. The third-order valence-electron chi connectivity index (χ3n) is 4.69. The predicted molar refractivity (Wildman–Crippen MR) is 97.7 cm³/mol. The lowest BCUT2D eigenvalue weighted by Gasteiger charge is -2.23. The van der Waals surface area contributed by atoms with E-state index >= 15 is 0 Å². The maximum Gasteiger partial charge on any atom is 0.226 e. The Kier molecular flexibility index (Phi) is 6.27. The molecule has 3 rings (SSSR count). The van der Waals surface area contributed by atoms with Crippen LogP contribution in [0, 0.1) is 12.7 Å². The molecule has 0 unspecified atom stereocenters. The molecule has 1 aromatic carbocycles. The van der Waals surface area contributed by atoms with Crippen LogP contribution < -0.4 is 4.74 Å². The van der Waals surface area contributed by atoms with Crippen LogP contribution in [0.2, 0.25) is 0 Å². The zero-order valence-electron chi connectivity index (χ0n) is 15.8. The van der Waals surface area contributed by atoms with Crippen LogP contribution in [0.1, 0.15) is 37.6 Å². The van der Waals surface area contributed by atoms with Crippen LogP contribution in [-0.2, 0) is 11.3 Å². The van der Waals surface area contributed by atoms with E-state index < -0.39 is 5.82 Å². The minimum absolute atomic E-state index is 0.186. The number of rotatable bonds is 8. The van der Waals surface area contributed by atoms with Crippen LogP contribution in [-0.4, -0.2) is 42.8 Å². The van der Waals surface area contributed by atoms with Crippen molar-refractivity contribution in [2.24, 2.45) is 0 Å². The molecule has 1 fully saturated rings. The molecule has 2 aromatic rings. The van der Waals surface area contributed by atoms with Crippen LogP contribution in [0.5, 0.6) is 5.75 Å². The van der Waals surface area contributed by atoms with E-state index in [1.54, 1.807) is 12.1 Å². The summed E-state index contributed by atoms with van der Waals surface area (Å²) in [7, 11) is 1.45. The molecule has 0 aliphatic carbocycles. The average molecular weight is 362 g/mol. The number of benzene rings is 1. The highest BCUT2D eigenvalue weighted by Crippen LogP contribution is 2.28. The van der Waals surface area contributed by atoms with Crippen molar-refractivity contribution >= 4 is 0 Å². The summed E-state index contributed by atoms with van der Waals surface area (Å²) in [6, 6.07) is 4.64. The molecule has 0 amide bonds. The highest BCUT2D eigenvalue weighted by Gasteiger charge is 2.21. The first-order chi connectivity index (χ1) is 12.6. The van der Waals surface area contributed by atoms with Gasteiger partial charge in [-0.1, -0.05) is 6.92 Å². The Balaban J connectivity index is 1.75. The van der Waals surface area contributed by atoms with Gasteiger partial charge >= 0.3 is 0 Å². The van der Waals surface area contributed by atoms with Gasteiger partial charge < -0.3 is 13.9 Å². The molecule has 6 heteroatoms. The number of hydrogen-bond acceptors (Lipinski definition) is 5. The molecule has 142 valence electrons. The van der Waals surface area contributed by atoms with Gasteiger partial charge in [0.25, 0.3) is 0 Å². The van der Waals surface area contributed by atoms with Gasteiger partial charge in [0, 0.05) is 25.3 Å². The molecule has 0 saturated carbocycles. The fourth-order valence-electron chi connectivity index (χ4n) is 3.33. The van der Waals surface area contributed by atoms with E-state index in [4.69, 9.17) is 13.9 Å². The average Bonchev–Trinajstić information content (AvgIpc) is 3.26. The lowest BCUT2D eigenvalue weighted by atomic mass is 10.2. The van der Waals surface area contributed by atoms with Gasteiger partial charge in [-0.3, -0.25) is 4.90 Å². The van der Waals surface area contributed by atoms with E-state index in [-0.39, 0.29) is 5.75 Å². The van der Waals surface area contributed by atoms with Gasteiger partial charge in [0.1, 0.15) is 5.76 Å². The Morgan fingerprint density at radius 3 is 2.92 bits per heavy atom. The van der Waals surface area contributed by atoms with Crippen molar-refractivity contribution in [2.75, 3.05) is 26.8 Å². The van der Waals surface area contributed by atoms with Crippen LogP contribution >= 0.6 is 0 Å². The molecule has 26 heavy (non-hydrogen) atoms. The Morgan fingerprint density at radius 2 is 2.23 bits per heavy atom. The van der Waals surface area contributed by atoms with E-state index in [2.05, 4.69) is 16.8 Å². The monoisotopic (exact) mass is 362 g/mol. The first kappa shape index (κ1) is 18.9. The summed E-state index contributed by atoms with van der Waals surface area (Å²) in [5, 5.41) is 0. The quantitative estimate of drug-likeness (QED) is 0.705. The van der Waals surface area contributed by atoms with Crippen molar-refractivity contribution in [1.29, 1.82) is 0 Å². The zero-order chi connectivity index (χ0) is 18.5. The van der Waals surface area contributed by atoms with Gasteiger partial charge in [-0.05, 0) is 50.9 Å². The summed E-state index contributed by atoms with van der Waals surface area (Å²) in [4.78, 5) is 7.03. The molecular weight excluding hydrogens is 335 g/mol. The number of oxazole rings is 1. The first-order valence-electron chi connectivity index (χ1n) is 9.25. The SMILES string of the molecule is CCCN(Cc1nc(-c2ccc(F)c(OC)c2)oc1C)C[C@H]1CCCO1. The number of halogens is 1. The van der Waals surface area contributed by atoms with Crippen molar-refractivity contribution in [2.45, 2.75) is 45.8 Å². The summed E-state index contributed by atoms with van der Waals surface area (Å²) < 4.78 is 30.3. The number of aryl methyl sites for hydroxylation is 1. The smallest absolute Gasteiger partial charge is 0.226 e. The molecule has 1 aliphatic rings. The molecule has 2 heterocycles. The highest BCUT2D eigenvalue weighted by atomic mass is 19.1. The van der Waals surface area contributed by atoms with Gasteiger partial charge in [-0.25, -0.2) is 9.37 Å². The summed E-state index contributed by atoms with van der Waals surface area (Å²) in [6.07, 6.45) is 3.66. The van der Waals surface area contributed by atoms with Crippen LogP contribution in [0.3, 0.4) is 0 Å². The van der Waals surface area contributed by atoms with Crippen molar-refractivity contribution < 1.29 is 18.3 Å². The number of nitrogens with zero attached hydrogens (tertiary/aromatic N) is 2. The third-order valence-corrected chi connectivity index (χ3v) is 4.69. The van der Waals surface area contributed by atoms with Crippen molar-refractivity contribution in [3.63, 3.8) is 0 Å². The highest BCUT2D eigenvalue weighted by molar-refractivity contribution is 5.56. The first-order valence-corrected chi connectivity index (χ1v) is 9.25. The van der Waals surface area contributed by atoms with Crippen molar-refractivity contribution in [3.8, 4) is 17.2 Å². The standard InChI is InChI=1S/C20H27FN2O3/c1-4-9-23(12-16-6-5-10-25-16)13-18-14(2)26-20(22-18)15-7-8-17(21)19(11-15)24-3/h7-8,11,16H,4-6,9-10,12-13H2,1-3H3/t16-/m1/s1. The summed E-state index contributed by atoms with van der Waals surface area (Å²) in [6.45, 7) is 7.59. The Hall–Kier alpha value is -1.92. The molecule has 5 nitrogen and oxygen atoms in total. The zero-order valence-corrected chi connectivity index (χ0v) is 15.8. The normalized spacial score (nSPS) is 17.2. The van der Waals surface area contributed by atoms with Gasteiger partial charge in [0.05, 0.1) is 18.9 Å². The fourth-order valence-corrected chi connectivity index (χ4v) is 3.33. The molecule has 0 spiro atoms. The Morgan fingerprint density at radius 1 is 1.38 bits per heavy atom. The number of ether oxygens (including phenoxy) is 2. The maximum absolute atomic E-state index is 13.6. The maximum atomic E-state index is 13.6. The van der Waals surface area contributed by atoms with E-state index in [0.29, 0.717) is 17.6 Å². The lowest BCUT2D eigenvalue weighted by Crippen LogP contribution is -2.32. The third kappa shape index (κ3) is 4.43. The minimum atomic E-state index is -0.398. The van der Waals surface area contributed by atoms with Crippen LogP contribution in [0.4, 0.5) is 4.39 Å². The van der Waals surface area contributed by atoms with Crippen molar-refractivity contribution in [3.05, 3.63) is 35.5 Å². The second-order valence-corrected chi connectivity index (χ2v) is 6.74. The molecule has 0 bridgehead atoms. The second-order valence-electron chi connectivity index (χ2n) is 6.74. The molecular formula is C20H27FN2O3. The van der Waals surface area contributed by atoms with Crippen LogP contribution in [0.15, 0.2) is 22.6 Å². The minimum Gasteiger partial charge on any atom is -0.494 e. The summed E-state index contributed by atoms with van der Waals surface area (Å²) in [5.41, 5.74) is 1.62. The van der Waals surface area contributed by atoms with Gasteiger partial charge in [-0.2, -0.15) is 0 Å². The molecule has 1 aromatic heterocycles. The van der Waals surface area contributed by atoms with Crippen LogP contribution in [0.25, 0.3) is 11.5 Å². The van der Waals surface area contributed by atoms with E-state index in [0.717, 1.165) is 57.0 Å².